The van der Waals surface area contributed by atoms with Crippen LogP contribution in [0.1, 0.15) is 16.7 Å². The lowest BCUT2D eigenvalue weighted by molar-refractivity contribution is -0.118. The van der Waals surface area contributed by atoms with Crippen LogP contribution in [0.5, 0.6) is 5.75 Å². The molecule has 1 heterocycles. The molecule has 0 atom stereocenters. The fourth-order valence-electron chi connectivity index (χ4n) is 2.00. The first kappa shape index (κ1) is 15.5. The molecule has 2 rings (SSSR count). The van der Waals surface area contributed by atoms with Gasteiger partial charge in [0.2, 0.25) is 0 Å². The number of anilines is 1. The van der Waals surface area contributed by atoms with Crippen LogP contribution in [0.2, 0.25) is 0 Å². The van der Waals surface area contributed by atoms with E-state index in [2.05, 4.69) is 26.2 Å². The molecule has 5 heteroatoms. The third-order valence-electron chi connectivity index (χ3n) is 3.06. The molecule has 1 aromatic heterocycles. The molecule has 1 N–H and O–H groups in total. The maximum absolute atomic E-state index is 12.0. The van der Waals surface area contributed by atoms with Crippen molar-refractivity contribution >= 4 is 27.7 Å². The van der Waals surface area contributed by atoms with Crippen LogP contribution in [0, 0.1) is 20.8 Å². The number of hydrogen-bond donors (Lipinski definition) is 1. The molecule has 0 radical (unpaired) electrons. The minimum absolute atomic E-state index is 0.0388. The molecule has 110 valence electrons. The number of aromatic nitrogens is 1. The van der Waals surface area contributed by atoms with Gasteiger partial charge < -0.3 is 10.1 Å². The monoisotopic (exact) mass is 348 g/mol. The lowest BCUT2D eigenvalue weighted by atomic mass is 10.1. The highest BCUT2D eigenvalue weighted by atomic mass is 79.9. The Kier molecular flexibility index (Phi) is 4.96. The molecule has 1 aromatic carbocycles. The van der Waals surface area contributed by atoms with Crippen molar-refractivity contribution in [3.05, 3.63) is 51.6 Å². The fraction of sp³-hybridized carbons (Fsp3) is 0.250. The van der Waals surface area contributed by atoms with Gasteiger partial charge in [0.15, 0.2) is 6.61 Å². The average Bonchev–Trinajstić information content (AvgIpc) is 2.41. The summed E-state index contributed by atoms with van der Waals surface area (Å²) in [5, 5.41) is 2.75. The molecule has 0 saturated heterocycles. The molecule has 0 aliphatic heterocycles. The zero-order chi connectivity index (χ0) is 15.4. The van der Waals surface area contributed by atoms with E-state index in [0.717, 1.165) is 26.9 Å². The van der Waals surface area contributed by atoms with E-state index in [0.29, 0.717) is 5.82 Å². The van der Waals surface area contributed by atoms with Crippen molar-refractivity contribution < 1.29 is 9.53 Å². The minimum Gasteiger partial charge on any atom is -0.483 e. The van der Waals surface area contributed by atoms with E-state index in [1.54, 1.807) is 6.20 Å². The second kappa shape index (κ2) is 6.72. The number of rotatable bonds is 4. The molecule has 4 nitrogen and oxygen atoms in total. The molecule has 0 unspecified atom stereocenters. The Morgan fingerprint density at radius 3 is 2.52 bits per heavy atom. The Morgan fingerprint density at radius 2 is 1.90 bits per heavy atom. The Labute approximate surface area is 132 Å². The summed E-state index contributed by atoms with van der Waals surface area (Å²) in [6.07, 6.45) is 1.65. The molecule has 1 amide bonds. The first-order valence-electron chi connectivity index (χ1n) is 6.58. The van der Waals surface area contributed by atoms with Crippen LogP contribution in [0.4, 0.5) is 5.82 Å². The zero-order valence-electron chi connectivity index (χ0n) is 12.2. The van der Waals surface area contributed by atoms with Gasteiger partial charge in [-0.25, -0.2) is 4.98 Å². The van der Waals surface area contributed by atoms with Gasteiger partial charge in [-0.15, -0.1) is 0 Å². The van der Waals surface area contributed by atoms with Gasteiger partial charge in [-0.2, -0.15) is 0 Å². The number of aryl methyl sites for hydroxylation is 3. The Bertz CT molecular complexity index is 651. The van der Waals surface area contributed by atoms with Crippen LogP contribution in [0.3, 0.4) is 0 Å². The Balaban J connectivity index is 1.99. The summed E-state index contributed by atoms with van der Waals surface area (Å²) in [5.41, 5.74) is 2.92. The van der Waals surface area contributed by atoms with Gasteiger partial charge in [0.1, 0.15) is 11.6 Å². The van der Waals surface area contributed by atoms with E-state index in [4.69, 9.17) is 4.74 Å². The van der Waals surface area contributed by atoms with Gasteiger partial charge in [-0.3, -0.25) is 4.79 Å². The first-order valence-corrected chi connectivity index (χ1v) is 7.37. The highest BCUT2D eigenvalue weighted by molar-refractivity contribution is 9.10. The molecular formula is C16H17BrN2O2. The van der Waals surface area contributed by atoms with Crippen LogP contribution in [0.25, 0.3) is 0 Å². The van der Waals surface area contributed by atoms with E-state index < -0.39 is 0 Å². The molecule has 0 spiro atoms. The zero-order valence-corrected chi connectivity index (χ0v) is 13.8. The molecule has 0 bridgehead atoms. The SMILES string of the molecule is Cc1cc(Br)cnc1NC(=O)COc1c(C)cccc1C. The van der Waals surface area contributed by atoms with Crippen molar-refractivity contribution in [2.24, 2.45) is 0 Å². The van der Waals surface area contributed by atoms with Crippen molar-refractivity contribution in [3.8, 4) is 5.75 Å². The van der Waals surface area contributed by atoms with Crippen LogP contribution >= 0.6 is 15.9 Å². The predicted octanol–water partition coefficient (Wildman–Crippen LogP) is 3.79. The molecule has 0 aliphatic carbocycles. The van der Waals surface area contributed by atoms with Gasteiger partial charge in [0.25, 0.3) is 5.91 Å². The van der Waals surface area contributed by atoms with Crippen LogP contribution in [0.15, 0.2) is 34.9 Å². The smallest absolute Gasteiger partial charge is 0.263 e. The number of hydrogen-bond acceptors (Lipinski definition) is 3. The first-order chi connectivity index (χ1) is 9.97. The van der Waals surface area contributed by atoms with Crippen molar-refractivity contribution in [1.82, 2.24) is 4.98 Å². The summed E-state index contributed by atoms with van der Waals surface area (Å²) >= 11 is 3.34. The molecule has 21 heavy (non-hydrogen) atoms. The number of amides is 1. The maximum Gasteiger partial charge on any atom is 0.263 e. The topological polar surface area (TPSA) is 51.2 Å². The van der Waals surface area contributed by atoms with Gasteiger partial charge in [-0.05, 0) is 59.5 Å². The number of carbonyl (C=O) groups is 1. The minimum atomic E-state index is -0.226. The van der Waals surface area contributed by atoms with Gasteiger partial charge in [0.05, 0.1) is 0 Å². The number of halogens is 1. The highest BCUT2D eigenvalue weighted by Crippen LogP contribution is 2.22. The highest BCUT2D eigenvalue weighted by Gasteiger charge is 2.09. The molecular weight excluding hydrogens is 332 g/mol. The predicted molar refractivity (Wildman–Crippen MR) is 86.7 cm³/mol. The van der Waals surface area contributed by atoms with Crippen molar-refractivity contribution in [1.29, 1.82) is 0 Å². The van der Waals surface area contributed by atoms with E-state index in [1.807, 2.05) is 45.0 Å². The Morgan fingerprint density at radius 1 is 1.24 bits per heavy atom. The maximum atomic E-state index is 12.0. The fourth-order valence-corrected chi connectivity index (χ4v) is 2.45. The Hall–Kier alpha value is -1.88. The number of nitrogens with one attached hydrogen (secondary N) is 1. The van der Waals surface area contributed by atoms with E-state index in [1.165, 1.54) is 0 Å². The number of carbonyl (C=O) groups excluding carboxylic acids is 1. The average molecular weight is 349 g/mol. The largest absolute Gasteiger partial charge is 0.483 e. The number of ether oxygens (including phenoxy) is 1. The number of nitrogens with zero attached hydrogens (tertiary/aromatic N) is 1. The van der Waals surface area contributed by atoms with Crippen LogP contribution in [-0.4, -0.2) is 17.5 Å². The van der Waals surface area contributed by atoms with Gasteiger partial charge >= 0.3 is 0 Å². The second-order valence-corrected chi connectivity index (χ2v) is 5.79. The lowest BCUT2D eigenvalue weighted by Crippen LogP contribution is -2.21. The number of benzene rings is 1. The molecule has 0 fully saturated rings. The summed E-state index contributed by atoms with van der Waals surface area (Å²) in [7, 11) is 0. The lowest BCUT2D eigenvalue weighted by Gasteiger charge is -2.12. The molecule has 0 aliphatic rings. The van der Waals surface area contributed by atoms with E-state index >= 15 is 0 Å². The summed E-state index contributed by atoms with van der Waals surface area (Å²) in [4.78, 5) is 16.1. The summed E-state index contributed by atoms with van der Waals surface area (Å²) in [5.74, 6) is 1.08. The summed E-state index contributed by atoms with van der Waals surface area (Å²) in [6.45, 7) is 5.77. The summed E-state index contributed by atoms with van der Waals surface area (Å²) < 4.78 is 6.50. The third-order valence-corrected chi connectivity index (χ3v) is 3.49. The van der Waals surface area contributed by atoms with Crippen LogP contribution in [-0.2, 0) is 4.79 Å². The normalized spacial score (nSPS) is 10.3. The van der Waals surface area contributed by atoms with E-state index in [-0.39, 0.29) is 12.5 Å². The number of pyridine rings is 1. The van der Waals surface area contributed by atoms with Crippen molar-refractivity contribution in [3.63, 3.8) is 0 Å². The standard InChI is InChI=1S/C16H17BrN2O2/c1-10-5-4-6-11(2)15(10)21-9-14(20)19-16-12(3)7-13(17)8-18-16/h4-8H,9H2,1-3H3,(H,18,19,20). The third kappa shape index (κ3) is 4.04. The van der Waals surface area contributed by atoms with Crippen molar-refractivity contribution in [2.75, 3.05) is 11.9 Å². The van der Waals surface area contributed by atoms with E-state index in [9.17, 15) is 4.79 Å². The molecule has 0 saturated carbocycles. The molecule has 2 aromatic rings. The second-order valence-electron chi connectivity index (χ2n) is 4.88. The van der Waals surface area contributed by atoms with Gasteiger partial charge in [0, 0.05) is 10.7 Å². The quantitative estimate of drug-likeness (QED) is 0.914. The van der Waals surface area contributed by atoms with Crippen molar-refractivity contribution in [2.45, 2.75) is 20.8 Å². The summed E-state index contributed by atoms with van der Waals surface area (Å²) in [6, 6.07) is 7.78. The van der Waals surface area contributed by atoms with Crippen LogP contribution < -0.4 is 10.1 Å². The number of para-hydroxylation sites is 1. The van der Waals surface area contributed by atoms with Gasteiger partial charge in [-0.1, -0.05) is 18.2 Å².